The number of rotatable bonds is 6. The minimum absolute atomic E-state index is 0.278. The number of guanidine groups is 1. The SMILES string of the molecule is CN=C(NCc1nncn1-c1ccccc1)NCC1(N2CCCCC2)CCCCC1. The van der Waals surface area contributed by atoms with Gasteiger partial charge in [0.15, 0.2) is 11.8 Å². The van der Waals surface area contributed by atoms with Crippen LogP contribution in [0.1, 0.15) is 57.2 Å². The summed E-state index contributed by atoms with van der Waals surface area (Å²) in [5.74, 6) is 1.70. The molecule has 162 valence electrons. The molecule has 1 aromatic carbocycles. The average Bonchev–Trinajstić information content (AvgIpc) is 3.30. The van der Waals surface area contributed by atoms with E-state index < -0.39 is 0 Å². The lowest BCUT2D eigenvalue weighted by atomic mass is 9.79. The molecule has 1 aliphatic heterocycles. The number of nitrogens with one attached hydrogen (secondary N) is 2. The van der Waals surface area contributed by atoms with Gasteiger partial charge in [-0.2, -0.15) is 0 Å². The Hall–Kier alpha value is -2.41. The third-order valence-corrected chi connectivity index (χ3v) is 6.69. The van der Waals surface area contributed by atoms with Crippen LogP contribution in [0.15, 0.2) is 41.7 Å². The van der Waals surface area contributed by atoms with Gasteiger partial charge in [0, 0.05) is 24.8 Å². The molecule has 30 heavy (non-hydrogen) atoms. The number of hydrogen-bond acceptors (Lipinski definition) is 4. The Balaban J connectivity index is 1.37. The Morgan fingerprint density at radius 1 is 1.00 bits per heavy atom. The first kappa shape index (κ1) is 20.8. The van der Waals surface area contributed by atoms with Gasteiger partial charge in [0.1, 0.15) is 6.33 Å². The van der Waals surface area contributed by atoms with Gasteiger partial charge in [-0.3, -0.25) is 14.5 Å². The fraction of sp³-hybridized carbons (Fsp3) is 0.609. The second-order valence-corrected chi connectivity index (χ2v) is 8.56. The molecule has 0 bridgehead atoms. The minimum Gasteiger partial charge on any atom is -0.355 e. The average molecular weight is 410 g/mol. The number of hydrogen-bond donors (Lipinski definition) is 2. The van der Waals surface area contributed by atoms with Crippen LogP contribution in [-0.2, 0) is 6.54 Å². The molecular formula is C23H35N7. The number of para-hydroxylation sites is 1. The molecule has 0 spiro atoms. The van der Waals surface area contributed by atoms with Crippen LogP contribution in [0.2, 0.25) is 0 Å². The highest BCUT2D eigenvalue weighted by Gasteiger charge is 2.38. The largest absolute Gasteiger partial charge is 0.355 e. The quantitative estimate of drug-likeness (QED) is 0.567. The summed E-state index contributed by atoms with van der Waals surface area (Å²) < 4.78 is 2.01. The maximum Gasteiger partial charge on any atom is 0.191 e. The summed E-state index contributed by atoms with van der Waals surface area (Å²) in [5, 5.41) is 15.5. The lowest BCUT2D eigenvalue weighted by Crippen LogP contribution is -2.59. The molecule has 7 heteroatoms. The normalized spacial score (nSPS) is 20.1. The Morgan fingerprint density at radius 3 is 2.47 bits per heavy atom. The fourth-order valence-corrected chi connectivity index (χ4v) is 5.00. The van der Waals surface area contributed by atoms with Gasteiger partial charge in [0.25, 0.3) is 0 Å². The zero-order valence-electron chi connectivity index (χ0n) is 18.2. The third-order valence-electron chi connectivity index (χ3n) is 6.69. The van der Waals surface area contributed by atoms with Gasteiger partial charge in [0.05, 0.1) is 6.54 Å². The molecule has 2 aromatic rings. The highest BCUT2D eigenvalue weighted by Crippen LogP contribution is 2.35. The molecule has 1 aromatic heterocycles. The Labute approximate surface area is 180 Å². The van der Waals surface area contributed by atoms with Crippen molar-refractivity contribution in [3.8, 4) is 5.69 Å². The highest BCUT2D eigenvalue weighted by atomic mass is 15.3. The molecule has 2 N–H and O–H groups in total. The smallest absolute Gasteiger partial charge is 0.191 e. The Bertz CT molecular complexity index is 802. The van der Waals surface area contributed by atoms with E-state index in [1.807, 2.05) is 29.8 Å². The van der Waals surface area contributed by atoms with Crippen LogP contribution in [-0.4, -0.2) is 57.8 Å². The number of likely N-dealkylation sites (tertiary alicyclic amines) is 1. The molecule has 2 heterocycles. The zero-order chi connectivity index (χ0) is 20.7. The van der Waals surface area contributed by atoms with Gasteiger partial charge in [-0.25, -0.2) is 0 Å². The van der Waals surface area contributed by atoms with E-state index in [1.165, 1.54) is 64.5 Å². The minimum atomic E-state index is 0.278. The van der Waals surface area contributed by atoms with Crippen LogP contribution >= 0.6 is 0 Å². The van der Waals surface area contributed by atoms with E-state index in [0.717, 1.165) is 24.0 Å². The monoisotopic (exact) mass is 409 g/mol. The first-order chi connectivity index (χ1) is 14.8. The summed E-state index contributed by atoms with van der Waals surface area (Å²) in [6, 6.07) is 10.2. The molecular weight excluding hydrogens is 374 g/mol. The van der Waals surface area contributed by atoms with Gasteiger partial charge in [0.2, 0.25) is 0 Å². The number of aromatic nitrogens is 3. The summed E-state index contributed by atoms with van der Waals surface area (Å²) in [4.78, 5) is 7.23. The van der Waals surface area contributed by atoms with Crippen molar-refractivity contribution >= 4 is 5.96 Å². The summed E-state index contributed by atoms with van der Waals surface area (Å²) in [6.45, 7) is 4.02. The van der Waals surface area contributed by atoms with E-state index in [2.05, 4.69) is 42.9 Å². The topological polar surface area (TPSA) is 70.4 Å². The van der Waals surface area contributed by atoms with E-state index in [4.69, 9.17) is 0 Å². The van der Waals surface area contributed by atoms with Crippen molar-refractivity contribution in [3.63, 3.8) is 0 Å². The number of piperidine rings is 1. The van der Waals surface area contributed by atoms with E-state index in [-0.39, 0.29) is 5.54 Å². The molecule has 2 aliphatic rings. The van der Waals surface area contributed by atoms with Crippen LogP contribution in [0.5, 0.6) is 0 Å². The van der Waals surface area contributed by atoms with Gasteiger partial charge in [-0.05, 0) is 50.9 Å². The first-order valence-electron chi connectivity index (χ1n) is 11.4. The molecule has 2 fully saturated rings. The molecule has 0 radical (unpaired) electrons. The summed E-state index contributed by atoms with van der Waals surface area (Å²) in [5.41, 5.74) is 1.34. The molecule has 1 saturated heterocycles. The summed E-state index contributed by atoms with van der Waals surface area (Å²) in [7, 11) is 1.84. The maximum atomic E-state index is 4.47. The Morgan fingerprint density at radius 2 is 1.73 bits per heavy atom. The summed E-state index contributed by atoms with van der Waals surface area (Å²) in [6.07, 6.45) is 12.4. The molecule has 4 rings (SSSR count). The standard InChI is InChI=1S/C23H35N7/c1-24-22(25-17-21-28-27-19-30(21)20-11-5-2-6-12-20)26-18-23(13-7-3-8-14-23)29-15-9-4-10-16-29/h2,5-6,11-12,19H,3-4,7-10,13-18H2,1H3,(H2,24,25,26). The van der Waals surface area contributed by atoms with Gasteiger partial charge in [-0.1, -0.05) is 43.9 Å². The van der Waals surface area contributed by atoms with Crippen molar-refractivity contribution in [1.82, 2.24) is 30.3 Å². The van der Waals surface area contributed by atoms with Crippen LogP contribution in [0, 0.1) is 0 Å². The first-order valence-corrected chi connectivity index (χ1v) is 11.4. The van der Waals surface area contributed by atoms with Crippen LogP contribution in [0.25, 0.3) is 5.69 Å². The lowest BCUT2D eigenvalue weighted by Gasteiger charge is -2.48. The van der Waals surface area contributed by atoms with Crippen molar-refractivity contribution in [2.75, 3.05) is 26.7 Å². The highest BCUT2D eigenvalue weighted by molar-refractivity contribution is 5.79. The van der Waals surface area contributed by atoms with Gasteiger partial charge >= 0.3 is 0 Å². The molecule has 1 saturated carbocycles. The molecule has 7 nitrogen and oxygen atoms in total. The van der Waals surface area contributed by atoms with E-state index in [1.54, 1.807) is 6.33 Å². The maximum absolute atomic E-state index is 4.47. The summed E-state index contributed by atoms with van der Waals surface area (Å²) >= 11 is 0. The Kier molecular flexibility index (Phi) is 7.00. The third kappa shape index (κ3) is 4.83. The predicted octanol–water partition coefficient (Wildman–Crippen LogP) is 3.12. The van der Waals surface area contributed by atoms with Crippen molar-refractivity contribution in [2.45, 2.75) is 63.5 Å². The van der Waals surface area contributed by atoms with Crippen LogP contribution < -0.4 is 10.6 Å². The van der Waals surface area contributed by atoms with Crippen molar-refractivity contribution in [1.29, 1.82) is 0 Å². The van der Waals surface area contributed by atoms with Gasteiger partial charge in [-0.15, -0.1) is 10.2 Å². The number of benzene rings is 1. The van der Waals surface area contributed by atoms with E-state index >= 15 is 0 Å². The molecule has 0 atom stereocenters. The van der Waals surface area contributed by atoms with Gasteiger partial charge < -0.3 is 10.6 Å². The number of aliphatic imine (C=N–C) groups is 1. The molecule has 1 aliphatic carbocycles. The predicted molar refractivity (Wildman–Crippen MR) is 121 cm³/mol. The fourth-order valence-electron chi connectivity index (χ4n) is 5.00. The van der Waals surface area contributed by atoms with E-state index in [0.29, 0.717) is 6.54 Å². The van der Waals surface area contributed by atoms with Crippen molar-refractivity contribution in [2.24, 2.45) is 4.99 Å². The van der Waals surface area contributed by atoms with E-state index in [9.17, 15) is 0 Å². The molecule has 0 amide bonds. The van der Waals surface area contributed by atoms with Crippen molar-refractivity contribution in [3.05, 3.63) is 42.5 Å². The second-order valence-electron chi connectivity index (χ2n) is 8.56. The zero-order valence-corrected chi connectivity index (χ0v) is 18.2. The lowest BCUT2D eigenvalue weighted by molar-refractivity contribution is 0.0368. The van der Waals surface area contributed by atoms with Crippen molar-refractivity contribution < 1.29 is 0 Å². The van der Waals surface area contributed by atoms with Crippen LogP contribution in [0.4, 0.5) is 0 Å². The number of nitrogens with zero attached hydrogens (tertiary/aromatic N) is 5. The van der Waals surface area contributed by atoms with Crippen LogP contribution in [0.3, 0.4) is 0 Å². The molecule has 0 unspecified atom stereocenters. The second kappa shape index (κ2) is 10.1.